The summed E-state index contributed by atoms with van der Waals surface area (Å²) in [5.41, 5.74) is 0. The van der Waals surface area contributed by atoms with Gasteiger partial charge in [-0.05, 0) is 51.4 Å². The van der Waals surface area contributed by atoms with Crippen molar-refractivity contribution in [1.29, 1.82) is 0 Å². The average molecular weight is 1100 g/mol. The molecule has 0 aliphatic heterocycles. The van der Waals surface area contributed by atoms with Crippen molar-refractivity contribution < 1.29 is 24.5 Å². The van der Waals surface area contributed by atoms with Crippen LogP contribution in [-0.2, 0) is 14.3 Å². The molecule has 0 aromatic carbocycles. The second-order valence-electron chi connectivity index (χ2n) is 24.9. The third kappa shape index (κ3) is 63.8. The Labute approximate surface area is 489 Å². The lowest BCUT2D eigenvalue weighted by Crippen LogP contribution is -2.45. The highest BCUT2D eigenvalue weighted by Gasteiger charge is 2.20. The molecule has 1 amide bonds. The summed E-state index contributed by atoms with van der Waals surface area (Å²) in [6.45, 7) is 4.99. The predicted octanol–water partition coefficient (Wildman–Crippen LogP) is 23.1. The summed E-state index contributed by atoms with van der Waals surface area (Å²) in [7, 11) is 0. The van der Waals surface area contributed by atoms with E-state index in [0.29, 0.717) is 25.9 Å². The number of carbonyl (C=O) groups is 2. The van der Waals surface area contributed by atoms with Crippen molar-refractivity contribution in [3.8, 4) is 0 Å². The molecule has 0 spiro atoms. The normalized spacial score (nSPS) is 12.5. The van der Waals surface area contributed by atoms with Gasteiger partial charge in [-0.2, -0.15) is 0 Å². The number of carbonyl (C=O) groups excluding carboxylic acids is 2. The van der Waals surface area contributed by atoms with Gasteiger partial charge in [-0.3, -0.25) is 9.59 Å². The monoisotopic (exact) mass is 1100 g/mol. The molecule has 0 radical (unpaired) electrons. The number of hydrogen-bond acceptors (Lipinski definition) is 5. The molecule has 6 nitrogen and oxygen atoms in total. The number of esters is 1. The molecule has 3 N–H and O–H groups in total. The summed E-state index contributed by atoms with van der Waals surface area (Å²) in [6, 6.07) is -0.538. The van der Waals surface area contributed by atoms with Crippen molar-refractivity contribution in [3.05, 3.63) is 12.2 Å². The van der Waals surface area contributed by atoms with Crippen LogP contribution >= 0.6 is 0 Å². The summed E-state index contributed by atoms with van der Waals surface area (Å²) in [5, 5.41) is 23.4. The molecule has 0 fully saturated rings. The molecule has 0 aromatic rings. The third-order valence-electron chi connectivity index (χ3n) is 17.1. The van der Waals surface area contributed by atoms with E-state index in [0.717, 1.165) is 38.5 Å². The highest BCUT2D eigenvalue weighted by atomic mass is 16.5. The van der Waals surface area contributed by atoms with E-state index < -0.39 is 12.1 Å². The number of amides is 1. The van der Waals surface area contributed by atoms with E-state index in [-0.39, 0.29) is 18.5 Å². The lowest BCUT2D eigenvalue weighted by atomic mass is 10.0. The summed E-state index contributed by atoms with van der Waals surface area (Å²) in [5.74, 6) is -0.00782. The first-order valence-corrected chi connectivity index (χ1v) is 35.9. The minimum atomic E-state index is -0.661. The van der Waals surface area contributed by atoms with Crippen LogP contribution in [0.3, 0.4) is 0 Å². The Balaban J connectivity index is 3.34. The number of aliphatic hydroxyl groups is 2. The third-order valence-corrected chi connectivity index (χ3v) is 17.1. The van der Waals surface area contributed by atoms with E-state index in [1.54, 1.807) is 0 Å². The Morgan fingerprint density at radius 2 is 0.603 bits per heavy atom. The van der Waals surface area contributed by atoms with E-state index >= 15 is 0 Å². The topological polar surface area (TPSA) is 95.9 Å². The number of nitrogens with one attached hydrogen (secondary N) is 1. The molecule has 0 aliphatic rings. The molecule has 2 unspecified atom stereocenters. The Morgan fingerprint density at radius 3 is 0.910 bits per heavy atom. The summed E-state index contributed by atoms with van der Waals surface area (Å²) >= 11 is 0. The first-order chi connectivity index (χ1) is 38.5. The van der Waals surface area contributed by atoms with Crippen LogP contribution in [0.25, 0.3) is 0 Å². The van der Waals surface area contributed by atoms with Gasteiger partial charge in [-0.25, -0.2) is 0 Å². The zero-order valence-corrected chi connectivity index (χ0v) is 53.2. The molecule has 0 saturated carbocycles. The zero-order chi connectivity index (χ0) is 56.4. The van der Waals surface area contributed by atoms with Crippen molar-refractivity contribution in [2.24, 2.45) is 0 Å². The van der Waals surface area contributed by atoms with Gasteiger partial charge < -0.3 is 20.3 Å². The van der Waals surface area contributed by atoms with E-state index in [4.69, 9.17) is 4.74 Å². The van der Waals surface area contributed by atoms with Crippen LogP contribution < -0.4 is 5.32 Å². The smallest absolute Gasteiger partial charge is 0.305 e. The summed E-state index contributed by atoms with van der Waals surface area (Å²) in [4.78, 5) is 24.5. The summed E-state index contributed by atoms with van der Waals surface area (Å²) < 4.78 is 5.48. The van der Waals surface area contributed by atoms with E-state index in [2.05, 4.69) is 31.3 Å². The molecule has 6 heteroatoms. The Bertz CT molecular complexity index is 1180. The Kier molecular flexibility index (Phi) is 66.9. The Morgan fingerprint density at radius 1 is 0.346 bits per heavy atom. The van der Waals surface area contributed by atoms with Crippen molar-refractivity contribution in [1.82, 2.24) is 5.32 Å². The minimum Gasteiger partial charge on any atom is -0.466 e. The van der Waals surface area contributed by atoms with Crippen molar-refractivity contribution >= 4 is 11.9 Å². The number of allylic oxidation sites excluding steroid dienone is 2. The maximum atomic E-state index is 12.5. The number of aliphatic hydroxyl groups excluding tert-OH is 2. The standard InChI is InChI=1S/C72H141NO5/c1-3-5-7-9-11-13-15-17-18-38-41-44-48-52-56-60-64-70(75)69(68-74)73-71(76)65-61-57-53-49-45-42-39-36-34-32-30-28-26-24-22-20-19-21-23-25-27-29-31-33-35-37-40-43-47-51-55-59-63-67-78-72(77)66-62-58-54-50-46-16-14-12-10-8-6-4-2/h23,25,69-70,74-75H,3-22,24,26-68H2,1-2H3,(H,73,76)/b25-23-. The second kappa shape index (κ2) is 68.1. The molecular formula is C72H141NO5. The first-order valence-electron chi connectivity index (χ1n) is 35.9. The van der Waals surface area contributed by atoms with Crippen LogP contribution in [0.5, 0.6) is 0 Å². The van der Waals surface area contributed by atoms with Crippen molar-refractivity contribution in [2.45, 2.75) is 424 Å². The molecule has 2 atom stereocenters. The number of ether oxygens (including phenoxy) is 1. The quantitative estimate of drug-likeness (QED) is 0.0320. The number of rotatable bonds is 68. The van der Waals surface area contributed by atoms with Crippen LogP contribution in [0.15, 0.2) is 12.2 Å². The minimum absolute atomic E-state index is 0.0202. The van der Waals surface area contributed by atoms with Gasteiger partial charge in [0.1, 0.15) is 0 Å². The molecule has 0 aromatic heterocycles. The van der Waals surface area contributed by atoms with Crippen LogP contribution in [0.1, 0.15) is 412 Å². The Hall–Kier alpha value is -1.40. The molecular weight excluding hydrogens is 959 g/mol. The lowest BCUT2D eigenvalue weighted by Gasteiger charge is -2.22. The fourth-order valence-corrected chi connectivity index (χ4v) is 11.6. The zero-order valence-electron chi connectivity index (χ0n) is 53.2. The van der Waals surface area contributed by atoms with Gasteiger partial charge in [0.05, 0.1) is 25.4 Å². The van der Waals surface area contributed by atoms with Gasteiger partial charge in [0.25, 0.3) is 0 Å². The van der Waals surface area contributed by atoms with Gasteiger partial charge >= 0.3 is 5.97 Å². The SMILES string of the molecule is CCCCCCCCCCCCCCCCCCC(O)C(CO)NC(=O)CCCCCCCCCCCCCCCCCCC/C=C\CCCCCCCCCCCCCCOC(=O)CCCCCCCCCCCCCC. The molecule has 0 bridgehead atoms. The van der Waals surface area contributed by atoms with E-state index in [1.807, 2.05) is 0 Å². The molecule has 0 heterocycles. The molecule has 0 aliphatic carbocycles. The largest absolute Gasteiger partial charge is 0.466 e. The predicted molar refractivity (Wildman–Crippen MR) is 343 cm³/mol. The van der Waals surface area contributed by atoms with Crippen molar-refractivity contribution in [3.63, 3.8) is 0 Å². The van der Waals surface area contributed by atoms with Crippen LogP contribution in [0.2, 0.25) is 0 Å². The second-order valence-corrected chi connectivity index (χ2v) is 24.9. The number of unbranched alkanes of at least 4 members (excludes halogenated alkanes) is 55. The average Bonchev–Trinajstić information content (AvgIpc) is 3.44. The fraction of sp³-hybridized carbons (Fsp3) is 0.944. The van der Waals surface area contributed by atoms with E-state index in [1.165, 1.54) is 340 Å². The van der Waals surface area contributed by atoms with Gasteiger partial charge in [0.2, 0.25) is 5.91 Å². The van der Waals surface area contributed by atoms with Gasteiger partial charge in [0, 0.05) is 12.8 Å². The molecule has 0 rings (SSSR count). The lowest BCUT2D eigenvalue weighted by molar-refractivity contribution is -0.143. The van der Waals surface area contributed by atoms with Crippen LogP contribution in [0.4, 0.5) is 0 Å². The molecule has 78 heavy (non-hydrogen) atoms. The molecule has 464 valence electrons. The summed E-state index contributed by atoms with van der Waals surface area (Å²) in [6.07, 6.45) is 84.2. The number of hydrogen-bond donors (Lipinski definition) is 3. The van der Waals surface area contributed by atoms with Gasteiger partial charge in [0.15, 0.2) is 0 Å². The fourth-order valence-electron chi connectivity index (χ4n) is 11.6. The molecule has 0 saturated heterocycles. The van der Waals surface area contributed by atoms with Crippen molar-refractivity contribution in [2.75, 3.05) is 13.2 Å². The maximum Gasteiger partial charge on any atom is 0.305 e. The van der Waals surface area contributed by atoms with Crippen LogP contribution in [-0.4, -0.2) is 47.4 Å². The van der Waals surface area contributed by atoms with Gasteiger partial charge in [-0.1, -0.05) is 360 Å². The van der Waals surface area contributed by atoms with E-state index in [9.17, 15) is 19.8 Å². The van der Waals surface area contributed by atoms with Crippen LogP contribution in [0, 0.1) is 0 Å². The first kappa shape index (κ1) is 76.6. The maximum absolute atomic E-state index is 12.5. The van der Waals surface area contributed by atoms with Gasteiger partial charge in [-0.15, -0.1) is 0 Å². The highest BCUT2D eigenvalue weighted by molar-refractivity contribution is 5.76. The highest BCUT2D eigenvalue weighted by Crippen LogP contribution is 2.19.